The molecule has 1 aromatic carbocycles. The molecule has 2 N–H and O–H groups in total. The van der Waals surface area contributed by atoms with Crippen LogP contribution >= 0.6 is 0 Å². The summed E-state index contributed by atoms with van der Waals surface area (Å²) in [6.45, 7) is 0.832. The molecule has 0 bridgehead atoms. The first-order chi connectivity index (χ1) is 14.6. The van der Waals surface area contributed by atoms with Gasteiger partial charge in [0.15, 0.2) is 0 Å². The van der Waals surface area contributed by atoms with Gasteiger partial charge in [0.2, 0.25) is 5.91 Å². The summed E-state index contributed by atoms with van der Waals surface area (Å²) in [5, 5.41) is 0. The Hall–Kier alpha value is -3.61. The number of pyridine rings is 1. The van der Waals surface area contributed by atoms with Gasteiger partial charge < -0.3 is 10.6 Å². The number of aromatic nitrogens is 3. The molecule has 2 amide bonds. The highest BCUT2D eigenvalue weighted by Gasteiger charge is 2.43. The molecule has 0 unspecified atom stereocenters. The summed E-state index contributed by atoms with van der Waals surface area (Å²) < 4.78 is 0. The topological polar surface area (TPSA) is 102 Å². The molecular formula is C23H23N5O2. The molecule has 3 aromatic rings. The Balaban J connectivity index is 1.65. The van der Waals surface area contributed by atoms with E-state index in [-0.39, 0.29) is 24.1 Å². The number of nitrogens with two attached hydrogens (primary N) is 1. The van der Waals surface area contributed by atoms with E-state index in [0.717, 1.165) is 16.7 Å². The van der Waals surface area contributed by atoms with Crippen LogP contribution in [0, 0.1) is 5.41 Å². The monoisotopic (exact) mass is 401 g/mol. The molecule has 1 fully saturated rings. The Bertz CT molecular complexity index is 1040. The molecule has 30 heavy (non-hydrogen) atoms. The van der Waals surface area contributed by atoms with Crippen molar-refractivity contribution < 1.29 is 9.59 Å². The molecule has 152 valence electrons. The van der Waals surface area contributed by atoms with Gasteiger partial charge in [-0.2, -0.15) is 0 Å². The predicted molar refractivity (Wildman–Crippen MR) is 112 cm³/mol. The molecule has 1 aliphatic heterocycles. The zero-order valence-corrected chi connectivity index (χ0v) is 16.6. The number of hydrogen-bond donors (Lipinski definition) is 1. The minimum Gasteiger partial charge on any atom is -0.369 e. The van der Waals surface area contributed by atoms with Crippen LogP contribution in [0.25, 0.3) is 11.1 Å². The largest absolute Gasteiger partial charge is 0.369 e. The van der Waals surface area contributed by atoms with Gasteiger partial charge in [-0.3, -0.25) is 19.6 Å². The summed E-state index contributed by atoms with van der Waals surface area (Å²) in [7, 11) is 0. The Labute approximate surface area is 175 Å². The van der Waals surface area contributed by atoms with Crippen LogP contribution in [0.5, 0.6) is 0 Å². The number of rotatable bonds is 5. The van der Waals surface area contributed by atoms with Crippen LogP contribution in [-0.4, -0.2) is 44.8 Å². The van der Waals surface area contributed by atoms with Gasteiger partial charge in [-0.25, -0.2) is 4.98 Å². The zero-order chi connectivity index (χ0) is 21.0. The number of nitrogens with zero attached hydrogens (tertiary/aromatic N) is 4. The van der Waals surface area contributed by atoms with Crippen LogP contribution in [0.2, 0.25) is 0 Å². The Morgan fingerprint density at radius 1 is 1.03 bits per heavy atom. The van der Waals surface area contributed by atoms with Crippen LogP contribution in [0.3, 0.4) is 0 Å². The molecule has 0 aliphatic carbocycles. The highest BCUT2D eigenvalue weighted by molar-refractivity contribution is 5.93. The van der Waals surface area contributed by atoms with Crippen molar-refractivity contribution in [2.45, 2.75) is 19.3 Å². The van der Waals surface area contributed by atoms with E-state index in [2.05, 4.69) is 15.0 Å². The number of hydrogen-bond acceptors (Lipinski definition) is 5. The molecule has 0 spiro atoms. The summed E-state index contributed by atoms with van der Waals surface area (Å²) in [5.74, 6) is -0.612. The number of piperidine rings is 1. The van der Waals surface area contributed by atoms with E-state index in [4.69, 9.17) is 5.73 Å². The molecule has 7 nitrogen and oxygen atoms in total. The maximum absolute atomic E-state index is 12.9. The Morgan fingerprint density at radius 3 is 2.57 bits per heavy atom. The standard InChI is InChI=1S/C23H23N5O2/c24-22(30)23(8-3-13-28(16-23)21(29)20-15-26-11-12-27-20)14-18-4-1-2-5-19(18)17-6-9-25-10-7-17/h1-2,4-7,9-12,15H,3,8,13-14,16H2,(H2,24,30)/t23-/m1/s1. The second-order valence-electron chi connectivity index (χ2n) is 7.64. The van der Waals surface area contributed by atoms with Gasteiger partial charge in [0.1, 0.15) is 5.69 Å². The maximum atomic E-state index is 12.9. The molecule has 1 aliphatic rings. The minimum atomic E-state index is -0.834. The fraction of sp³-hybridized carbons (Fsp3) is 0.261. The number of carbonyl (C=O) groups excluding carboxylic acids is 2. The van der Waals surface area contributed by atoms with Crippen molar-refractivity contribution in [1.82, 2.24) is 19.9 Å². The summed E-state index contributed by atoms with van der Waals surface area (Å²) >= 11 is 0. The van der Waals surface area contributed by atoms with Crippen molar-refractivity contribution in [3.8, 4) is 11.1 Å². The van der Waals surface area contributed by atoms with Gasteiger partial charge in [-0.1, -0.05) is 24.3 Å². The first-order valence-corrected chi connectivity index (χ1v) is 9.93. The lowest BCUT2D eigenvalue weighted by Crippen LogP contribution is -2.53. The van der Waals surface area contributed by atoms with Gasteiger partial charge >= 0.3 is 0 Å². The molecule has 2 aromatic heterocycles. The Kier molecular flexibility index (Phi) is 5.52. The molecule has 3 heterocycles. The lowest BCUT2D eigenvalue weighted by atomic mass is 9.73. The normalized spacial score (nSPS) is 18.7. The molecule has 1 atom stereocenters. The first-order valence-electron chi connectivity index (χ1n) is 9.93. The number of benzene rings is 1. The fourth-order valence-corrected chi connectivity index (χ4v) is 4.16. The SMILES string of the molecule is NC(=O)[C@@]1(Cc2ccccc2-c2ccncc2)CCCN(C(=O)c2cnccn2)C1. The van der Waals surface area contributed by atoms with Crippen LogP contribution in [0.15, 0.2) is 67.4 Å². The van der Waals surface area contributed by atoms with Gasteiger partial charge in [-0.05, 0) is 48.1 Å². The molecular weight excluding hydrogens is 378 g/mol. The average molecular weight is 401 g/mol. The smallest absolute Gasteiger partial charge is 0.274 e. The van der Waals surface area contributed by atoms with Crippen molar-refractivity contribution in [2.75, 3.05) is 13.1 Å². The Morgan fingerprint density at radius 2 is 1.83 bits per heavy atom. The lowest BCUT2D eigenvalue weighted by Gasteiger charge is -2.41. The number of primary amides is 1. The third-order valence-electron chi connectivity index (χ3n) is 5.71. The molecule has 0 saturated carbocycles. The van der Waals surface area contributed by atoms with E-state index in [1.807, 2.05) is 36.4 Å². The number of amides is 2. The third-order valence-corrected chi connectivity index (χ3v) is 5.71. The van der Waals surface area contributed by atoms with Crippen molar-refractivity contribution >= 4 is 11.8 Å². The summed E-state index contributed by atoms with van der Waals surface area (Å²) in [6, 6.07) is 11.9. The van der Waals surface area contributed by atoms with Gasteiger partial charge in [-0.15, -0.1) is 0 Å². The highest BCUT2D eigenvalue weighted by atomic mass is 16.2. The molecule has 4 rings (SSSR count). The summed E-state index contributed by atoms with van der Waals surface area (Å²) in [5.41, 5.74) is 8.46. The molecule has 0 radical (unpaired) electrons. The van der Waals surface area contributed by atoms with E-state index in [9.17, 15) is 9.59 Å². The van der Waals surface area contributed by atoms with Crippen molar-refractivity contribution in [2.24, 2.45) is 11.1 Å². The predicted octanol–water partition coefficient (Wildman–Crippen LogP) is 2.49. The molecule has 1 saturated heterocycles. The number of likely N-dealkylation sites (tertiary alicyclic amines) is 1. The third kappa shape index (κ3) is 3.91. The number of carbonyl (C=O) groups is 2. The van der Waals surface area contributed by atoms with Crippen LogP contribution in [0.1, 0.15) is 28.9 Å². The van der Waals surface area contributed by atoms with Gasteiger partial charge in [0.25, 0.3) is 5.91 Å². The van der Waals surface area contributed by atoms with Crippen molar-refractivity contribution in [3.05, 3.63) is 78.6 Å². The lowest BCUT2D eigenvalue weighted by molar-refractivity contribution is -0.130. The van der Waals surface area contributed by atoms with E-state index in [0.29, 0.717) is 25.8 Å². The van der Waals surface area contributed by atoms with Crippen LogP contribution < -0.4 is 5.73 Å². The van der Waals surface area contributed by atoms with E-state index >= 15 is 0 Å². The summed E-state index contributed by atoms with van der Waals surface area (Å²) in [4.78, 5) is 39.4. The second-order valence-corrected chi connectivity index (χ2v) is 7.64. The van der Waals surface area contributed by atoms with Crippen LogP contribution in [-0.2, 0) is 11.2 Å². The molecule has 7 heteroatoms. The first kappa shape index (κ1) is 19.7. The minimum absolute atomic E-state index is 0.226. The van der Waals surface area contributed by atoms with E-state index in [1.54, 1.807) is 17.3 Å². The van der Waals surface area contributed by atoms with Crippen molar-refractivity contribution in [1.29, 1.82) is 0 Å². The summed E-state index contributed by atoms with van der Waals surface area (Å²) in [6.07, 6.45) is 9.76. The second kappa shape index (κ2) is 8.41. The highest BCUT2D eigenvalue weighted by Crippen LogP contribution is 2.37. The quantitative estimate of drug-likeness (QED) is 0.708. The van der Waals surface area contributed by atoms with Gasteiger partial charge in [0.05, 0.1) is 11.6 Å². The van der Waals surface area contributed by atoms with Gasteiger partial charge in [0, 0.05) is 37.9 Å². The maximum Gasteiger partial charge on any atom is 0.274 e. The van der Waals surface area contributed by atoms with Crippen LogP contribution in [0.4, 0.5) is 0 Å². The van der Waals surface area contributed by atoms with E-state index < -0.39 is 5.41 Å². The van der Waals surface area contributed by atoms with Crippen molar-refractivity contribution in [3.63, 3.8) is 0 Å². The average Bonchev–Trinajstić information content (AvgIpc) is 2.80. The zero-order valence-electron chi connectivity index (χ0n) is 16.6. The fourth-order valence-electron chi connectivity index (χ4n) is 4.16. The van der Waals surface area contributed by atoms with E-state index in [1.165, 1.54) is 18.6 Å².